The smallest absolute Gasteiger partial charge is 0.159 e. The van der Waals surface area contributed by atoms with E-state index in [0.29, 0.717) is 12.3 Å². The van der Waals surface area contributed by atoms with Crippen LogP contribution < -0.4 is 0 Å². The third-order valence-electron chi connectivity index (χ3n) is 3.18. The molecule has 1 N–H and O–H groups in total. The van der Waals surface area contributed by atoms with Gasteiger partial charge in [0.05, 0.1) is 0 Å². The first-order chi connectivity index (χ1) is 7.16. The van der Waals surface area contributed by atoms with Gasteiger partial charge in [0.2, 0.25) is 0 Å². The Kier molecular flexibility index (Phi) is 4.27. The highest BCUT2D eigenvalue weighted by atomic mass is 16.3. The lowest BCUT2D eigenvalue weighted by Crippen LogP contribution is -2.35. The molecule has 0 amide bonds. The number of hydrogen-bond donors (Lipinski definition) is 1. The molecule has 0 aliphatic heterocycles. The van der Waals surface area contributed by atoms with Gasteiger partial charge in [-0.2, -0.15) is 5.10 Å². The van der Waals surface area contributed by atoms with Crippen molar-refractivity contribution in [2.45, 2.75) is 52.2 Å². The zero-order valence-electron chi connectivity index (χ0n) is 9.85. The largest absolute Gasteiger partial charge is 0.369 e. The van der Waals surface area contributed by atoms with Crippen LogP contribution in [0.4, 0.5) is 0 Å². The van der Waals surface area contributed by atoms with E-state index in [1.54, 1.807) is 11.0 Å². The van der Waals surface area contributed by atoms with Crippen LogP contribution in [0, 0.1) is 5.92 Å². The zero-order valence-corrected chi connectivity index (χ0v) is 9.85. The normalized spacial score (nSPS) is 15.5. The second-order valence-electron chi connectivity index (χ2n) is 4.06. The fourth-order valence-electron chi connectivity index (χ4n) is 1.86. The summed E-state index contributed by atoms with van der Waals surface area (Å²) in [5.74, 6) is 0.541. The molecule has 4 heteroatoms. The molecule has 0 saturated carbocycles. The molecule has 0 fully saturated rings. The SMILES string of the molecule is CCC(CC)CC(O)(CC)n1cncn1. The average Bonchev–Trinajstić information content (AvgIpc) is 2.79. The summed E-state index contributed by atoms with van der Waals surface area (Å²) in [7, 11) is 0. The van der Waals surface area contributed by atoms with Crippen molar-refractivity contribution in [1.82, 2.24) is 14.8 Å². The molecule has 0 aromatic carbocycles. The summed E-state index contributed by atoms with van der Waals surface area (Å²) in [6.45, 7) is 6.29. The number of hydrogen-bond acceptors (Lipinski definition) is 3. The minimum atomic E-state index is -0.868. The van der Waals surface area contributed by atoms with Gasteiger partial charge in [-0.1, -0.05) is 33.6 Å². The molecule has 1 unspecified atom stereocenters. The highest BCUT2D eigenvalue weighted by molar-refractivity contribution is 4.77. The van der Waals surface area contributed by atoms with Gasteiger partial charge in [0.15, 0.2) is 5.72 Å². The lowest BCUT2D eigenvalue weighted by Gasteiger charge is -2.30. The van der Waals surface area contributed by atoms with Crippen molar-refractivity contribution < 1.29 is 5.11 Å². The van der Waals surface area contributed by atoms with E-state index in [0.717, 1.165) is 19.3 Å². The first-order valence-electron chi connectivity index (χ1n) is 5.73. The molecule has 15 heavy (non-hydrogen) atoms. The van der Waals surface area contributed by atoms with Crippen LogP contribution in [-0.4, -0.2) is 19.9 Å². The molecule has 0 aliphatic carbocycles. The molecule has 1 aromatic rings. The molecular weight excluding hydrogens is 190 g/mol. The Labute approximate surface area is 91.3 Å². The number of aromatic nitrogens is 3. The van der Waals surface area contributed by atoms with Crippen molar-refractivity contribution in [3.05, 3.63) is 12.7 Å². The van der Waals surface area contributed by atoms with Crippen molar-refractivity contribution in [3.63, 3.8) is 0 Å². The lowest BCUT2D eigenvalue weighted by molar-refractivity contribution is -0.0739. The Bertz CT molecular complexity index is 269. The van der Waals surface area contributed by atoms with E-state index in [2.05, 4.69) is 23.9 Å². The molecule has 86 valence electrons. The van der Waals surface area contributed by atoms with Gasteiger partial charge in [-0.15, -0.1) is 0 Å². The van der Waals surface area contributed by atoms with Crippen LogP contribution in [-0.2, 0) is 5.72 Å². The number of nitrogens with zero attached hydrogens (tertiary/aromatic N) is 3. The summed E-state index contributed by atoms with van der Waals surface area (Å²) in [5.41, 5.74) is -0.868. The summed E-state index contributed by atoms with van der Waals surface area (Å²) in [6, 6.07) is 0. The summed E-state index contributed by atoms with van der Waals surface area (Å²) in [6.07, 6.45) is 6.65. The van der Waals surface area contributed by atoms with Crippen LogP contribution in [0.5, 0.6) is 0 Å². The first kappa shape index (κ1) is 12.2. The lowest BCUT2D eigenvalue weighted by atomic mass is 9.91. The molecule has 1 atom stereocenters. The van der Waals surface area contributed by atoms with E-state index in [1.807, 2.05) is 6.92 Å². The standard InChI is InChI=1S/C11H21N3O/c1-4-10(5-2)7-11(15,6-3)14-9-12-8-13-14/h8-10,15H,4-7H2,1-3H3. The Hall–Kier alpha value is -0.900. The highest BCUT2D eigenvalue weighted by Crippen LogP contribution is 2.28. The van der Waals surface area contributed by atoms with E-state index in [4.69, 9.17) is 0 Å². The number of aliphatic hydroxyl groups is 1. The molecule has 0 radical (unpaired) electrons. The van der Waals surface area contributed by atoms with E-state index in [1.165, 1.54) is 6.33 Å². The Morgan fingerprint density at radius 1 is 1.33 bits per heavy atom. The van der Waals surface area contributed by atoms with E-state index in [-0.39, 0.29) is 0 Å². The Morgan fingerprint density at radius 3 is 2.40 bits per heavy atom. The maximum absolute atomic E-state index is 10.5. The molecule has 0 saturated heterocycles. The molecule has 1 aromatic heterocycles. The van der Waals surface area contributed by atoms with Crippen molar-refractivity contribution in [2.75, 3.05) is 0 Å². The van der Waals surface area contributed by atoms with Crippen LogP contribution in [0.25, 0.3) is 0 Å². The van der Waals surface area contributed by atoms with Crippen molar-refractivity contribution >= 4 is 0 Å². The van der Waals surface area contributed by atoms with Gasteiger partial charge in [-0.25, -0.2) is 9.67 Å². The molecule has 1 heterocycles. The summed E-state index contributed by atoms with van der Waals surface area (Å²) in [4.78, 5) is 3.89. The Balaban J connectivity index is 2.77. The maximum Gasteiger partial charge on any atom is 0.159 e. The molecule has 0 spiro atoms. The van der Waals surface area contributed by atoms with Crippen LogP contribution >= 0.6 is 0 Å². The average molecular weight is 211 g/mol. The fourth-order valence-corrected chi connectivity index (χ4v) is 1.86. The second kappa shape index (κ2) is 5.26. The predicted octanol–water partition coefficient (Wildman–Crippen LogP) is 2.16. The molecule has 0 aliphatic rings. The van der Waals surface area contributed by atoms with Gasteiger partial charge in [0.1, 0.15) is 12.7 Å². The van der Waals surface area contributed by atoms with Gasteiger partial charge in [0, 0.05) is 0 Å². The monoisotopic (exact) mass is 211 g/mol. The van der Waals surface area contributed by atoms with Crippen molar-refractivity contribution in [3.8, 4) is 0 Å². The molecular formula is C11H21N3O. The molecule has 4 nitrogen and oxygen atoms in total. The van der Waals surface area contributed by atoms with Gasteiger partial charge in [-0.05, 0) is 18.8 Å². The summed E-state index contributed by atoms with van der Waals surface area (Å²) < 4.78 is 1.57. The van der Waals surface area contributed by atoms with Crippen molar-refractivity contribution in [2.24, 2.45) is 5.92 Å². The Morgan fingerprint density at radius 2 is 2.00 bits per heavy atom. The third kappa shape index (κ3) is 2.78. The zero-order chi connectivity index (χ0) is 11.3. The predicted molar refractivity (Wildman–Crippen MR) is 59.2 cm³/mol. The molecule has 0 bridgehead atoms. The third-order valence-corrected chi connectivity index (χ3v) is 3.18. The quantitative estimate of drug-likeness (QED) is 0.784. The number of rotatable bonds is 6. The maximum atomic E-state index is 10.5. The van der Waals surface area contributed by atoms with Gasteiger partial charge < -0.3 is 5.11 Å². The molecule has 1 rings (SSSR count). The van der Waals surface area contributed by atoms with Crippen LogP contribution in [0.1, 0.15) is 46.5 Å². The summed E-state index contributed by atoms with van der Waals surface area (Å²) >= 11 is 0. The second-order valence-corrected chi connectivity index (χ2v) is 4.06. The van der Waals surface area contributed by atoms with E-state index < -0.39 is 5.72 Å². The minimum Gasteiger partial charge on any atom is -0.369 e. The summed E-state index contributed by atoms with van der Waals surface area (Å²) in [5, 5.41) is 14.5. The highest BCUT2D eigenvalue weighted by Gasteiger charge is 2.30. The minimum absolute atomic E-state index is 0.541. The van der Waals surface area contributed by atoms with Gasteiger partial charge in [-0.3, -0.25) is 0 Å². The van der Waals surface area contributed by atoms with Crippen LogP contribution in [0.15, 0.2) is 12.7 Å². The van der Waals surface area contributed by atoms with Crippen LogP contribution in [0.3, 0.4) is 0 Å². The first-order valence-corrected chi connectivity index (χ1v) is 5.73. The van der Waals surface area contributed by atoms with Gasteiger partial charge >= 0.3 is 0 Å². The topological polar surface area (TPSA) is 50.9 Å². The van der Waals surface area contributed by atoms with Crippen LogP contribution in [0.2, 0.25) is 0 Å². The van der Waals surface area contributed by atoms with Crippen molar-refractivity contribution in [1.29, 1.82) is 0 Å². The fraction of sp³-hybridized carbons (Fsp3) is 0.818. The van der Waals surface area contributed by atoms with E-state index in [9.17, 15) is 5.11 Å². The van der Waals surface area contributed by atoms with E-state index >= 15 is 0 Å². The van der Waals surface area contributed by atoms with Gasteiger partial charge in [0.25, 0.3) is 0 Å².